The van der Waals surface area contributed by atoms with Crippen molar-refractivity contribution in [3.63, 3.8) is 0 Å². The van der Waals surface area contributed by atoms with Gasteiger partial charge in [-0.3, -0.25) is 14.2 Å². The lowest BCUT2D eigenvalue weighted by Gasteiger charge is -2.16. The number of nitrogen functional groups attached to an aromatic ring is 1. The monoisotopic (exact) mass is 465 g/mol. The van der Waals surface area contributed by atoms with Crippen LogP contribution in [0.25, 0.3) is 5.69 Å². The molecular formula is C21H19ClF3N5O2. The lowest BCUT2D eigenvalue weighted by atomic mass is 10.1. The van der Waals surface area contributed by atoms with Gasteiger partial charge in [0.2, 0.25) is 0 Å². The van der Waals surface area contributed by atoms with Gasteiger partial charge in [-0.15, -0.1) is 0 Å². The summed E-state index contributed by atoms with van der Waals surface area (Å²) in [7, 11) is 0. The van der Waals surface area contributed by atoms with Gasteiger partial charge in [-0.2, -0.15) is 13.2 Å². The fraction of sp³-hybridized carbons (Fsp3) is 0.190. The van der Waals surface area contributed by atoms with Gasteiger partial charge in [0.25, 0.3) is 11.5 Å². The average molecular weight is 466 g/mol. The van der Waals surface area contributed by atoms with Crippen molar-refractivity contribution in [2.75, 3.05) is 11.1 Å². The van der Waals surface area contributed by atoms with E-state index in [2.05, 4.69) is 10.3 Å². The molecule has 1 aromatic heterocycles. The first-order valence-electron chi connectivity index (χ1n) is 9.32. The number of amides is 1. The third kappa shape index (κ3) is 4.61. The molecular weight excluding hydrogens is 447 g/mol. The lowest BCUT2D eigenvalue weighted by Crippen LogP contribution is -2.31. The van der Waals surface area contributed by atoms with Crippen LogP contribution in [0.4, 0.5) is 24.7 Å². The minimum absolute atomic E-state index is 0.0369. The zero-order valence-corrected chi connectivity index (χ0v) is 17.8. The summed E-state index contributed by atoms with van der Waals surface area (Å²) in [5, 5.41) is 2.23. The van der Waals surface area contributed by atoms with Crippen molar-refractivity contribution in [1.82, 2.24) is 9.55 Å². The summed E-state index contributed by atoms with van der Waals surface area (Å²) in [6.45, 7) is 3.13. The van der Waals surface area contributed by atoms with Crippen LogP contribution in [0, 0.1) is 6.92 Å². The highest BCUT2D eigenvalue weighted by molar-refractivity contribution is 6.32. The van der Waals surface area contributed by atoms with E-state index in [1.807, 2.05) is 0 Å². The summed E-state index contributed by atoms with van der Waals surface area (Å²) >= 11 is 6.06. The zero-order valence-electron chi connectivity index (χ0n) is 17.0. The third-order valence-electron chi connectivity index (χ3n) is 4.72. The van der Waals surface area contributed by atoms with Crippen LogP contribution < -0.4 is 22.3 Å². The molecule has 1 atom stereocenters. The maximum Gasteiger partial charge on any atom is 0.416 e. The van der Waals surface area contributed by atoms with E-state index in [1.54, 1.807) is 31.2 Å². The van der Waals surface area contributed by atoms with E-state index in [1.165, 1.54) is 6.92 Å². The topological polar surface area (TPSA) is 116 Å². The first-order valence-corrected chi connectivity index (χ1v) is 9.69. The van der Waals surface area contributed by atoms with Gasteiger partial charge in [0.05, 0.1) is 16.3 Å². The van der Waals surface area contributed by atoms with E-state index in [0.717, 1.165) is 22.5 Å². The predicted molar refractivity (Wildman–Crippen MR) is 116 cm³/mol. The van der Waals surface area contributed by atoms with Crippen molar-refractivity contribution in [2.45, 2.75) is 26.1 Å². The Kier molecular flexibility index (Phi) is 6.29. The highest BCUT2D eigenvalue weighted by Crippen LogP contribution is 2.35. The third-order valence-corrected chi connectivity index (χ3v) is 5.01. The summed E-state index contributed by atoms with van der Waals surface area (Å²) in [5.41, 5.74) is 10.4. The number of carbonyl (C=O) groups excluding carboxylic acids is 1. The van der Waals surface area contributed by atoms with E-state index in [-0.39, 0.29) is 28.1 Å². The molecule has 5 N–H and O–H groups in total. The molecule has 7 nitrogen and oxygen atoms in total. The van der Waals surface area contributed by atoms with Crippen molar-refractivity contribution in [2.24, 2.45) is 5.73 Å². The Bertz CT molecular complexity index is 1230. The highest BCUT2D eigenvalue weighted by Gasteiger charge is 2.32. The summed E-state index contributed by atoms with van der Waals surface area (Å²) in [6, 6.07) is 7.98. The van der Waals surface area contributed by atoms with E-state index >= 15 is 0 Å². The quantitative estimate of drug-likeness (QED) is 0.537. The Morgan fingerprint density at radius 3 is 2.53 bits per heavy atom. The molecule has 0 bridgehead atoms. The molecule has 0 aliphatic heterocycles. The van der Waals surface area contributed by atoms with Crippen molar-refractivity contribution >= 4 is 29.0 Å². The number of rotatable bonds is 4. The fourth-order valence-electron chi connectivity index (χ4n) is 3.14. The smallest absolute Gasteiger partial charge is 0.383 e. The standard InChI is InChI=1S/C21H19ClF3N5O2/c1-10-6-13(21(23,24)25)8-15(22)17(10)30-9-28-18(27)16(20(30)32)19(31)29-14-5-3-4-12(7-14)11(2)26/h3-9,11H,26-27H2,1-2H3,(H,29,31). The second kappa shape index (κ2) is 8.64. The van der Waals surface area contributed by atoms with Crippen LogP contribution in [0.15, 0.2) is 47.5 Å². The fourth-order valence-corrected chi connectivity index (χ4v) is 3.50. The number of alkyl halides is 3. The SMILES string of the molecule is Cc1cc(C(F)(F)F)cc(Cl)c1-n1cnc(N)c(C(=O)Nc2cccc(C(C)N)c2)c1=O. The second-order valence-corrected chi connectivity index (χ2v) is 7.58. The van der Waals surface area contributed by atoms with E-state index < -0.39 is 28.8 Å². The number of hydrogen-bond acceptors (Lipinski definition) is 5. The number of aromatic nitrogens is 2. The van der Waals surface area contributed by atoms with Crippen molar-refractivity contribution in [1.29, 1.82) is 0 Å². The number of hydrogen-bond donors (Lipinski definition) is 3. The number of nitrogens with two attached hydrogens (primary N) is 2. The molecule has 0 aliphatic carbocycles. The molecule has 0 radical (unpaired) electrons. The van der Waals surface area contributed by atoms with Gasteiger partial charge >= 0.3 is 6.18 Å². The average Bonchev–Trinajstić information content (AvgIpc) is 2.68. The van der Waals surface area contributed by atoms with Crippen LogP contribution in [0.2, 0.25) is 5.02 Å². The van der Waals surface area contributed by atoms with Gasteiger partial charge in [-0.05, 0) is 49.2 Å². The molecule has 1 unspecified atom stereocenters. The van der Waals surface area contributed by atoms with Crippen LogP contribution >= 0.6 is 11.6 Å². The first kappa shape index (κ1) is 23.3. The maximum atomic E-state index is 13.1. The van der Waals surface area contributed by atoms with E-state index in [9.17, 15) is 22.8 Å². The van der Waals surface area contributed by atoms with Crippen molar-refractivity contribution in [3.8, 4) is 5.69 Å². The number of halogens is 4. The van der Waals surface area contributed by atoms with Gasteiger partial charge in [0.15, 0.2) is 0 Å². The van der Waals surface area contributed by atoms with Crippen molar-refractivity contribution < 1.29 is 18.0 Å². The highest BCUT2D eigenvalue weighted by atomic mass is 35.5. The minimum atomic E-state index is -4.61. The van der Waals surface area contributed by atoms with Crippen molar-refractivity contribution in [3.05, 3.63) is 80.4 Å². The minimum Gasteiger partial charge on any atom is -0.383 e. The van der Waals surface area contributed by atoms with Gasteiger partial charge in [0, 0.05) is 11.7 Å². The molecule has 2 aromatic carbocycles. The first-order chi connectivity index (χ1) is 14.9. The summed E-state index contributed by atoms with van der Waals surface area (Å²) in [5.74, 6) is -1.18. The molecule has 0 saturated heterocycles. The van der Waals surface area contributed by atoms with Gasteiger partial charge in [0.1, 0.15) is 17.7 Å². The molecule has 0 aliphatic rings. The number of anilines is 2. The normalized spacial score (nSPS) is 12.5. The van der Waals surface area contributed by atoms with Gasteiger partial charge < -0.3 is 16.8 Å². The second-order valence-electron chi connectivity index (χ2n) is 7.17. The number of nitrogens with one attached hydrogen (secondary N) is 1. The van der Waals surface area contributed by atoms with Crippen LogP contribution in [0.5, 0.6) is 0 Å². The van der Waals surface area contributed by atoms with Gasteiger partial charge in [-0.25, -0.2) is 4.98 Å². The van der Waals surface area contributed by atoms with Crippen LogP contribution in [-0.2, 0) is 6.18 Å². The van der Waals surface area contributed by atoms with E-state index in [0.29, 0.717) is 11.8 Å². The molecule has 11 heteroatoms. The molecule has 1 amide bonds. The molecule has 0 saturated carbocycles. The Hall–Kier alpha value is -3.37. The molecule has 0 spiro atoms. The largest absolute Gasteiger partial charge is 0.416 e. The predicted octanol–water partition coefficient (Wildman–Crippen LogP) is 4.07. The van der Waals surface area contributed by atoms with E-state index in [4.69, 9.17) is 23.1 Å². The van der Waals surface area contributed by atoms with Crippen LogP contribution in [-0.4, -0.2) is 15.5 Å². The Morgan fingerprint density at radius 2 is 1.94 bits per heavy atom. The van der Waals surface area contributed by atoms with Crippen LogP contribution in [0.3, 0.4) is 0 Å². The Morgan fingerprint density at radius 1 is 1.25 bits per heavy atom. The number of carbonyl (C=O) groups is 1. The summed E-state index contributed by atoms with van der Waals surface area (Å²) in [4.78, 5) is 29.7. The summed E-state index contributed by atoms with van der Waals surface area (Å²) in [6.07, 6.45) is -3.61. The summed E-state index contributed by atoms with van der Waals surface area (Å²) < 4.78 is 40.0. The molecule has 1 heterocycles. The molecule has 0 fully saturated rings. The number of benzene rings is 2. The zero-order chi connectivity index (χ0) is 23.8. The Balaban J connectivity index is 2.06. The lowest BCUT2D eigenvalue weighted by molar-refractivity contribution is -0.137. The number of nitrogens with zero attached hydrogens (tertiary/aromatic N) is 2. The van der Waals surface area contributed by atoms with Crippen LogP contribution in [0.1, 0.15) is 40.0 Å². The van der Waals surface area contributed by atoms with Gasteiger partial charge in [-0.1, -0.05) is 23.7 Å². The molecule has 3 rings (SSSR count). The molecule has 3 aromatic rings. The maximum absolute atomic E-state index is 13.1. The number of aryl methyl sites for hydroxylation is 1. The molecule has 168 valence electrons. The Labute approximate surface area is 185 Å². The molecule has 32 heavy (non-hydrogen) atoms.